The summed E-state index contributed by atoms with van der Waals surface area (Å²) in [7, 11) is 0. The van der Waals surface area contributed by atoms with E-state index in [9.17, 15) is 13.6 Å². The van der Waals surface area contributed by atoms with Crippen LogP contribution in [-0.2, 0) is 11.3 Å². The number of nitrogen functional groups attached to an aromatic ring is 1. The van der Waals surface area contributed by atoms with Crippen molar-refractivity contribution in [3.05, 3.63) is 54.1 Å². The molecule has 1 amide bonds. The van der Waals surface area contributed by atoms with E-state index in [0.29, 0.717) is 11.0 Å². The number of anilines is 2. The maximum Gasteiger partial charge on any atom is 0.244 e. The lowest BCUT2D eigenvalue weighted by Gasteiger charge is -2.09. The zero-order valence-corrected chi connectivity index (χ0v) is 13.7. The molecule has 2 aromatic carbocycles. The molecule has 10 heteroatoms. The largest absolute Gasteiger partial charge is 0.379 e. The number of imidazole rings is 1. The Balaban J connectivity index is 1.70. The number of hydrogen-bond donors (Lipinski definition) is 2. The van der Waals surface area contributed by atoms with Gasteiger partial charge in [-0.25, -0.2) is 18.4 Å². The molecule has 4 rings (SSSR count). The van der Waals surface area contributed by atoms with E-state index in [2.05, 4.69) is 25.2 Å². The third kappa shape index (κ3) is 3.19. The van der Waals surface area contributed by atoms with Crippen LogP contribution in [0.1, 0.15) is 0 Å². The molecule has 0 saturated carbocycles. The average molecular weight is 370 g/mol. The molecular formula is C17H12F2N6O2. The minimum atomic E-state index is -0.791. The molecule has 0 unspecified atom stereocenters. The highest BCUT2D eigenvalue weighted by Gasteiger charge is 2.20. The smallest absolute Gasteiger partial charge is 0.244 e. The van der Waals surface area contributed by atoms with Crippen LogP contribution in [0.25, 0.3) is 22.6 Å². The van der Waals surface area contributed by atoms with Crippen molar-refractivity contribution in [2.24, 2.45) is 0 Å². The lowest BCUT2D eigenvalue weighted by atomic mass is 10.3. The number of carbonyl (C=O) groups is 1. The second-order valence-electron chi connectivity index (χ2n) is 5.71. The Hall–Kier alpha value is -3.82. The molecule has 2 aromatic heterocycles. The summed E-state index contributed by atoms with van der Waals surface area (Å²) < 4.78 is 32.8. The number of nitrogens with one attached hydrogen (secondary N) is 1. The first-order valence-corrected chi connectivity index (χ1v) is 7.81. The Morgan fingerprint density at radius 3 is 2.59 bits per heavy atom. The van der Waals surface area contributed by atoms with E-state index in [1.54, 1.807) is 28.8 Å². The second-order valence-corrected chi connectivity index (χ2v) is 5.71. The van der Waals surface area contributed by atoms with Crippen molar-refractivity contribution in [3.63, 3.8) is 0 Å². The number of rotatable bonds is 4. The van der Waals surface area contributed by atoms with Gasteiger partial charge in [-0.1, -0.05) is 12.1 Å². The third-order valence-electron chi connectivity index (χ3n) is 3.83. The number of halogens is 2. The van der Waals surface area contributed by atoms with Crippen molar-refractivity contribution in [1.29, 1.82) is 0 Å². The van der Waals surface area contributed by atoms with Crippen LogP contribution in [-0.4, -0.2) is 25.8 Å². The minimum Gasteiger partial charge on any atom is -0.379 e. The van der Waals surface area contributed by atoms with Gasteiger partial charge in [0.2, 0.25) is 5.91 Å². The van der Waals surface area contributed by atoms with E-state index in [1.165, 1.54) is 0 Å². The Bertz CT molecular complexity index is 1130. The van der Waals surface area contributed by atoms with Crippen LogP contribution in [0.15, 0.2) is 47.1 Å². The molecule has 27 heavy (non-hydrogen) atoms. The number of fused-ring (bicyclic) bond motifs is 1. The fourth-order valence-corrected chi connectivity index (χ4v) is 2.74. The summed E-state index contributed by atoms with van der Waals surface area (Å²) in [4.78, 5) is 16.9. The van der Waals surface area contributed by atoms with E-state index in [-0.39, 0.29) is 29.6 Å². The van der Waals surface area contributed by atoms with Crippen LogP contribution >= 0.6 is 0 Å². The molecule has 0 fully saturated rings. The Morgan fingerprint density at radius 2 is 1.89 bits per heavy atom. The molecule has 0 atom stereocenters. The zero-order chi connectivity index (χ0) is 19.0. The topological polar surface area (TPSA) is 112 Å². The first-order chi connectivity index (χ1) is 13.0. The Morgan fingerprint density at radius 1 is 1.15 bits per heavy atom. The van der Waals surface area contributed by atoms with Gasteiger partial charge in [0.15, 0.2) is 17.3 Å². The highest BCUT2D eigenvalue weighted by molar-refractivity contribution is 5.92. The quantitative estimate of drug-likeness (QED) is 0.571. The molecule has 3 N–H and O–H groups in total. The van der Waals surface area contributed by atoms with Crippen molar-refractivity contribution in [2.75, 3.05) is 11.1 Å². The molecule has 0 spiro atoms. The first-order valence-electron chi connectivity index (χ1n) is 7.81. The molecule has 0 aliphatic heterocycles. The number of nitrogens with two attached hydrogens (primary N) is 1. The van der Waals surface area contributed by atoms with Gasteiger partial charge >= 0.3 is 0 Å². The monoisotopic (exact) mass is 370 g/mol. The summed E-state index contributed by atoms with van der Waals surface area (Å²) in [6.07, 6.45) is 0. The van der Waals surface area contributed by atoms with Crippen LogP contribution in [0.3, 0.4) is 0 Å². The molecule has 0 bridgehead atoms. The van der Waals surface area contributed by atoms with Crippen molar-refractivity contribution in [2.45, 2.75) is 6.54 Å². The first kappa shape index (κ1) is 16.6. The minimum absolute atomic E-state index is 0.00564. The van der Waals surface area contributed by atoms with Gasteiger partial charge in [-0.3, -0.25) is 4.79 Å². The second kappa shape index (κ2) is 6.48. The van der Waals surface area contributed by atoms with Crippen molar-refractivity contribution in [3.8, 4) is 11.5 Å². The average Bonchev–Trinajstić information content (AvgIpc) is 3.17. The number of carbonyl (C=O) groups excluding carboxylic acids is 1. The standard InChI is InChI=1S/C17H12F2N6O2/c18-9-5-10(19)7-11(6-9)21-14(26)8-25-13-4-2-1-3-12(13)22-17(25)15-16(20)24-27-23-15/h1-7H,8H2,(H2,20,24)(H,21,26). The van der Waals surface area contributed by atoms with Gasteiger partial charge < -0.3 is 15.6 Å². The lowest BCUT2D eigenvalue weighted by Crippen LogP contribution is -2.19. The maximum atomic E-state index is 13.3. The fourth-order valence-electron chi connectivity index (χ4n) is 2.74. The SMILES string of the molecule is Nc1nonc1-c1nc2ccccc2n1CC(=O)Nc1cc(F)cc(F)c1. The number of benzene rings is 2. The summed E-state index contributed by atoms with van der Waals surface area (Å²) >= 11 is 0. The summed E-state index contributed by atoms with van der Waals surface area (Å²) in [5.41, 5.74) is 7.20. The molecule has 0 radical (unpaired) electrons. The summed E-state index contributed by atoms with van der Waals surface area (Å²) in [6, 6.07) is 9.87. The van der Waals surface area contributed by atoms with Crippen molar-refractivity contribution in [1.82, 2.24) is 19.9 Å². The molecule has 2 heterocycles. The van der Waals surface area contributed by atoms with Gasteiger partial charge in [-0.2, -0.15) is 0 Å². The van der Waals surface area contributed by atoms with Crippen molar-refractivity contribution >= 4 is 28.4 Å². The molecule has 136 valence electrons. The summed E-state index contributed by atoms with van der Waals surface area (Å²) in [5, 5.41) is 9.71. The number of para-hydroxylation sites is 2. The normalized spacial score (nSPS) is 11.0. The highest BCUT2D eigenvalue weighted by Crippen LogP contribution is 2.26. The number of amides is 1. The van der Waals surface area contributed by atoms with Crippen LogP contribution in [0.5, 0.6) is 0 Å². The van der Waals surface area contributed by atoms with E-state index in [4.69, 9.17) is 5.73 Å². The summed E-state index contributed by atoms with van der Waals surface area (Å²) in [5.74, 6) is -1.78. The van der Waals surface area contributed by atoms with Gasteiger partial charge in [-0.05, 0) is 34.6 Å². The predicted octanol–water partition coefficient (Wildman–Crippen LogP) is 2.59. The van der Waals surface area contributed by atoms with Crippen LogP contribution < -0.4 is 11.1 Å². The van der Waals surface area contributed by atoms with E-state index in [0.717, 1.165) is 18.2 Å². The van der Waals surface area contributed by atoms with E-state index < -0.39 is 17.5 Å². The molecule has 0 saturated heterocycles. The molecule has 4 aromatic rings. The number of aromatic nitrogens is 4. The lowest BCUT2D eigenvalue weighted by molar-refractivity contribution is -0.116. The van der Waals surface area contributed by atoms with Crippen LogP contribution in [0, 0.1) is 11.6 Å². The van der Waals surface area contributed by atoms with Gasteiger partial charge in [0.1, 0.15) is 18.2 Å². The summed E-state index contributed by atoms with van der Waals surface area (Å²) in [6.45, 7) is -0.194. The fraction of sp³-hybridized carbons (Fsp3) is 0.0588. The number of hydrogen-bond acceptors (Lipinski definition) is 6. The Labute approximate surface area is 150 Å². The maximum absolute atomic E-state index is 13.3. The zero-order valence-electron chi connectivity index (χ0n) is 13.7. The van der Waals surface area contributed by atoms with Crippen LogP contribution in [0.2, 0.25) is 0 Å². The van der Waals surface area contributed by atoms with E-state index >= 15 is 0 Å². The van der Waals surface area contributed by atoms with Crippen LogP contribution in [0.4, 0.5) is 20.3 Å². The van der Waals surface area contributed by atoms with Crippen molar-refractivity contribution < 1.29 is 18.2 Å². The molecular weight excluding hydrogens is 358 g/mol. The molecule has 0 aliphatic carbocycles. The third-order valence-corrected chi connectivity index (χ3v) is 3.83. The van der Waals surface area contributed by atoms with Gasteiger partial charge in [-0.15, -0.1) is 0 Å². The van der Waals surface area contributed by atoms with Gasteiger partial charge in [0.25, 0.3) is 0 Å². The van der Waals surface area contributed by atoms with E-state index in [1.807, 2.05) is 0 Å². The number of nitrogens with zero attached hydrogens (tertiary/aromatic N) is 4. The predicted molar refractivity (Wildman–Crippen MR) is 92.4 cm³/mol. The Kier molecular flexibility index (Phi) is 3.99. The highest BCUT2D eigenvalue weighted by atomic mass is 19.1. The molecule has 0 aliphatic rings. The molecule has 8 nitrogen and oxygen atoms in total. The van der Waals surface area contributed by atoms with Gasteiger partial charge in [0, 0.05) is 11.8 Å². The van der Waals surface area contributed by atoms with Gasteiger partial charge in [0.05, 0.1) is 11.0 Å².